The second-order valence-corrected chi connectivity index (χ2v) is 6.09. The van der Waals surface area contributed by atoms with Gasteiger partial charge in [-0.2, -0.15) is 0 Å². The van der Waals surface area contributed by atoms with Gasteiger partial charge in [-0.1, -0.05) is 18.2 Å². The summed E-state index contributed by atoms with van der Waals surface area (Å²) in [6.45, 7) is 2.40. The molecule has 0 aliphatic heterocycles. The number of hydrogen-bond donors (Lipinski definition) is 2. The van der Waals surface area contributed by atoms with Crippen molar-refractivity contribution in [2.45, 2.75) is 26.0 Å². The molecule has 0 saturated heterocycles. The summed E-state index contributed by atoms with van der Waals surface area (Å²) in [7, 11) is 0. The molecule has 2 rings (SSSR count). The van der Waals surface area contributed by atoms with E-state index >= 15 is 0 Å². The fourth-order valence-corrected chi connectivity index (χ4v) is 2.16. The van der Waals surface area contributed by atoms with Crippen molar-refractivity contribution in [3.63, 3.8) is 0 Å². The van der Waals surface area contributed by atoms with Crippen LogP contribution >= 0.6 is 0 Å². The van der Waals surface area contributed by atoms with Gasteiger partial charge in [0.15, 0.2) is 24.3 Å². The van der Waals surface area contributed by atoms with Crippen molar-refractivity contribution in [1.82, 2.24) is 5.32 Å². The first kappa shape index (κ1) is 21.8. The highest BCUT2D eigenvalue weighted by atomic mass is 19.2. The number of ether oxygens (including phenoxy) is 2. The Morgan fingerprint density at radius 2 is 1.69 bits per heavy atom. The Morgan fingerprint density at radius 1 is 1.00 bits per heavy atom. The average molecular weight is 406 g/mol. The van der Waals surface area contributed by atoms with E-state index in [4.69, 9.17) is 9.47 Å². The summed E-state index contributed by atoms with van der Waals surface area (Å²) in [6.07, 6.45) is -1.23. The molecule has 0 unspecified atom stereocenters. The number of amides is 2. The maximum Gasteiger partial charge on any atom is 0.329 e. The molecule has 0 fully saturated rings. The van der Waals surface area contributed by atoms with Crippen LogP contribution in [0.4, 0.5) is 14.5 Å². The SMILES string of the molecule is C[C@H](NC(=O)COc1ccccc1)C(=O)O[C@H](C)C(=O)Nc1ccc(F)c(F)c1. The highest BCUT2D eigenvalue weighted by Gasteiger charge is 2.23. The van der Waals surface area contributed by atoms with Gasteiger partial charge in [0.2, 0.25) is 0 Å². The molecule has 154 valence electrons. The maximum atomic E-state index is 13.2. The number of hydrogen-bond acceptors (Lipinski definition) is 5. The predicted octanol–water partition coefficient (Wildman–Crippen LogP) is 2.42. The van der Waals surface area contributed by atoms with Crippen LogP contribution in [0.5, 0.6) is 5.75 Å². The van der Waals surface area contributed by atoms with Gasteiger partial charge in [0.25, 0.3) is 11.8 Å². The van der Waals surface area contributed by atoms with Gasteiger partial charge in [0, 0.05) is 11.8 Å². The summed E-state index contributed by atoms with van der Waals surface area (Å²) < 4.78 is 36.3. The van der Waals surface area contributed by atoms with Gasteiger partial charge in [0.05, 0.1) is 0 Å². The minimum Gasteiger partial charge on any atom is -0.484 e. The van der Waals surface area contributed by atoms with Crippen LogP contribution in [0.2, 0.25) is 0 Å². The molecule has 0 spiro atoms. The Hall–Kier alpha value is -3.49. The molecule has 2 N–H and O–H groups in total. The minimum absolute atomic E-state index is 0.0104. The first-order valence-corrected chi connectivity index (χ1v) is 8.70. The van der Waals surface area contributed by atoms with E-state index in [1.807, 2.05) is 0 Å². The number of carbonyl (C=O) groups excluding carboxylic acids is 3. The molecular formula is C20H20F2N2O5. The smallest absolute Gasteiger partial charge is 0.329 e. The van der Waals surface area contributed by atoms with Crippen LogP contribution in [0.3, 0.4) is 0 Å². The van der Waals surface area contributed by atoms with Crippen molar-refractivity contribution in [2.75, 3.05) is 11.9 Å². The van der Waals surface area contributed by atoms with Crippen LogP contribution in [0, 0.1) is 11.6 Å². The molecule has 0 saturated carbocycles. The first-order chi connectivity index (χ1) is 13.8. The van der Waals surface area contributed by atoms with E-state index in [0.717, 1.165) is 12.1 Å². The van der Waals surface area contributed by atoms with Gasteiger partial charge in [-0.25, -0.2) is 13.6 Å². The standard InChI is InChI=1S/C20H20F2N2O5/c1-12(23-18(25)11-28-15-6-4-3-5-7-15)20(27)29-13(2)19(26)24-14-8-9-16(21)17(22)10-14/h3-10,12-13H,11H2,1-2H3,(H,23,25)(H,24,26)/t12-,13+/m0/s1. The fraction of sp³-hybridized carbons (Fsp3) is 0.250. The molecule has 2 aromatic rings. The molecule has 0 aromatic heterocycles. The average Bonchev–Trinajstić information content (AvgIpc) is 2.69. The third-order valence-electron chi connectivity index (χ3n) is 3.69. The lowest BCUT2D eigenvalue weighted by Crippen LogP contribution is -2.44. The van der Waals surface area contributed by atoms with E-state index in [1.54, 1.807) is 30.3 Å². The highest BCUT2D eigenvalue weighted by Crippen LogP contribution is 2.14. The van der Waals surface area contributed by atoms with Crippen molar-refractivity contribution in [3.8, 4) is 5.75 Å². The normalized spacial score (nSPS) is 12.4. The van der Waals surface area contributed by atoms with Gasteiger partial charge < -0.3 is 20.1 Å². The lowest BCUT2D eigenvalue weighted by molar-refractivity contribution is -0.155. The molecule has 2 aromatic carbocycles. The number of halogens is 2. The molecule has 0 aliphatic rings. The van der Waals surface area contributed by atoms with Gasteiger partial charge >= 0.3 is 5.97 Å². The lowest BCUT2D eigenvalue weighted by atomic mass is 10.2. The summed E-state index contributed by atoms with van der Waals surface area (Å²) in [4.78, 5) is 36.0. The molecule has 0 bridgehead atoms. The van der Waals surface area contributed by atoms with E-state index in [9.17, 15) is 23.2 Å². The highest BCUT2D eigenvalue weighted by molar-refractivity contribution is 5.95. The van der Waals surface area contributed by atoms with Gasteiger partial charge in [-0.3, -0.25) is 9.59 Å². The van der Waals surface area contributed by atoms with Crippen molar-refractivity contribution >= 4 is 23.5 Å². The molecule has 9 heteroatoms. The topological polar surface area (TPSA) is 93.7 Å². The van der Waals surface area contributed by atoms with Gasteiger partial charge in [-0.05, 0) is 38.1 Å². The molecule has 7 nitrogen and oxygen atoms in total. The quantitative estimate of drug-likeness (QED) is 0.657. The van der Waals surface area contributed by atoms with E-state index in [1.165, 1.54) is 19.9 Å². The molecule has 0 heterocycles. The monoisotopic (exact) mass is 406 g/mol. The Balaban J connectivity index is 1.78. The van der Waals surface area contributed by atoms with E-state index in [2.05, 4.69) is 10.6 Å². The Kier molecular flexibility index (Phi) is 7.64. The third-order valence-corrected chi connectivity index (χ3v) is 3.69. The van der Waals surface area contributed by atoms with Crippen LogP contribution in [0.15, 0.2) is 48.5 Å². The number of para-hydroxylation sites is 1. The van der Waals surface area contributed by atoms with Gasteiger partial charge in [-0.15, -0.1) is 0 Å². The van der Waals surface area contributed by atoms with Crippen molar-refractivity contribution in [3.05, 3.63) is 60.2 Å². The van der Waals surface area contributed by atoms with Gasteiger partial charge in [0.1, 0.15) is 11.8 Å². The summed E-state index contributed by atoms with van der Waals surface area (Å²) >= 11 is 0. The maximum absolute atomic E-state index is 13.2. The molecule has 0 radical (unpaired) electrons. The third kappa shape index (κ3) is 6.87. The second-order valence-electron chi connectivity index (χ2n) is 6.09. The largest absolute Gasteiger partial charge is 0.484 e. The Morgan fingerprint density at radius 3 is 2.34 bits per heavy atom. The van der Waals surface area contributed by atoms with Crippen LogP contribution < -0.4 is 15.4 Å². The lowest BCUT2D eigenvalue weighted by Gasteiger charge is -2.17. The van der Waals surface area contributed by atoms with Crippen LogP contribution in [0.1, 0.15) is 13.8 Å². The number of anilines is 1. The zero-order chi connectivity index (χ0) is 21.4. The second kappa shape index (κ2) is 10.2. The van der Waals surface area contributed by atoms with Crippen LogP contribution in [0.25, 0.3) is 0 Å². The van der Waals surface area contributed by atoms with Crippen LogP contribution in [-0.2, 0) is 19.1 Å². The molecule has 29 heavy (non-hydrogen) atoms. The zero-order valence-electron chi connectivity index (χ0n) is 15.8. The van der Waals surface area contributed by atoms with Crippen LogP contribution in [-0.4, -0.2) is 36.5 Å². The number of esters is 1. The summed E-state index contributed by atoms with van der Waals surface area (Å²) in [5.74, 6) is -3.80. The summed E-state index contributed by atoms with van der Waals surface area (Å²) in [6, 6.07) is 10.5. The number of rotatable bonds is 8. The Labute approximate surface area is 166 Å². The number of carbonyl (C=O) groups is 3. The minimum atomic E-state index is -1.23. The summed E-state index contributed by atoms with van der Waals surface area (Å²) in [5.41, 5.74) is 0.0104. The molecular weight excluding hydrogens is 386 g/mol. The van der Waals surface area contributed by atoms with E-state index in [0.29, 0.717) is 5.75 Å². The number of nitrogens with one attached hydrogen (secondary N) is 2. The fourth-order valence-electron chi connectivity index (χ4n) is 2.16. The van der Waals surface area contributed by atoms with Crippen molar-refractivity contribution < 1.29 is 32.6 Å². The molecule has 2 atom stereocenters. The van der Waals surface area contributed by atoms with E-state index < -0.39 is 41.6 Å². The zero-order valence-corrected chi connectivity index (χ0v) is 15.8. The Bertz CT molecular complexity index is 876. The number of benzene rings is 2. The van der Waals surface area contributed by atoms with Crippen molar-refractivity contribution in [2.24, 2.45) is 0 Å². The van der Waals surface area contributed by atoms with Crippen molar-refractivity contribution in [1.29, 1.82) is 0 Å². The first-order valence-electron chi connectivity index (χ1n) is 8.70. The predicted molar refractivity (Wildman–Crippen MR) is 100 cm³/mol. The molecule has 0 aliphatic carbocycles. The van der Waals surface area contributed by atoms with E-state index in [-0.39, 0.29) is 12.3 Å². The molecule has 2 amide bonds. The summed E-state index contributed by atoms with van der Waals surface area (Å²) in [5, 5.41) is 4.70.